The van der Waals surface area contributed by atoms with Crippen molar-refractivity contribution in [2.45, 2.75) is 57.5 Å². The van der Waals surface area contributed by atoms with E-state index in [4.69, 9.17) is 14.2 Å². The van der Waals surface area contributed by atoms with Crippen molar-refractivity contribution in [3.8, 4) is 11.5 Å². The van der Waals surface area contributed by atoms with E-state index in [1.807, 2.05) is 35.2 Å². The van der Waals surface area contributed by atoms with Gasteiger partial charge in [-0.25, -0.2) is 0 Å². The van der Waals surface area contributed by atoms with Gasteiger partial charge in [-0.1, -0.05) is 30.3 Å². The standard InChI is InChI=1S/C34H40N2O5/c1-25-4-2-3-5-29(25)23-35-16-18-36(19-17-35)33(38)27-6-9-31(10-7-27)41-32-11-8-28(22-30(32)24-37)26-12-14-34(15-13-26)39-20-21-40-34/h2-11,22,26,37H,12-21,23-24H2,1H3. The van der Waals surface area contributed by atoms with Crippen molar-refractivity contribution in [3.63, 3.8) is 0 Å². The Morgan fingerprint density at radius 3 is 2.32 bits per heavy atom. The topological polar surface area (TPSA) is 71.5 Å². The van der Waals surface area contributed by atoms with Crippen LogP contribution in [0.5, 0.6) is 11.5 Å². The van der Waals surface area contributed by atoms with Crippen LogP contribution in [0.2, 0.25) is 0 Å². The Morgan fingerprint density at radius 2 is 1.63 bits per heavy atom. The number of aliphatic hydroxyl groups excluding tert-OH is 1. The van der Waals surface area contributed by atoms with Gasteiger partial charge >= 0.3 is 0 Å². The van der Waals surface area contributed by atoms with Crippen LogP contribution < -0.4 is 4.74 Å². The third-order valence-electron chi connectivity index (χ3n) is 8.93. The van der Waals surface area contributed by atoms with Gasteiger partial charge in [0.25, 0.3) is 5.91 Å². The molecule has 216 valence electrons. The molecule has 1 aliphatic carbocycles. The molecule has 0 bridgehead atoms. The quantitative estimate of drug-likeness (QED) is 0.406. The number of rotatable bonds is 7. The van der Waals surface area contributed by atoms with Crippen LogP contribution in [0.4, 0.5) is 0 Å². The molecule has 0 atom stereocenters. The largest absolute Gasteiger partial charge is 0.457 e. The first-order chi connectivity index (χ1) is 20.0. The second-order valence-electron chi connectivity index (χ2n) is 11.5. The van der Waals surface area contributed by atoms with E-state index in [0.29, 0.717) is 36.2 Å². The van der Waals surface area contributed by atoms with Crippen molar-refractivity contribution in [2.75, 3.05) is 39.4 Å². The molecule has 0 aromatic heterocycles. The maximum absolute atomic E-state index is 13.2. The number of piperazine rings is 1. The number of ether oxygens (including phenoxy) is 3. The maximum Gasteiger partial charge on any atom is 0.253 e. The molecule has 3 aliphatic rings. The van der Waals surface area contributed by atoms with Crippen molar-refractivity contribution in [3.05, 3.63) is 94.5 Å². The first-order valence-electron chi connectivity index (χ1n) is 14.9. The number of amides is 1. The molecule has 2 saturated heterocycles. The molecule has 41 heavy (non-hydrogen) atoms. The molecular formula is C34H40N2O5. The number of hydrogen-bond acceptors (Lipinski definition) is 6. The Balaban J connectivity index is 1.03. The molecule has 6 rings (SSSR count). The van der Waals surface area contributed by atoms with Gasteiger partial charge in [-0.3, -0.25) is 9.69 Å². The zero-order valence-electron chi connectivity index (χ0n) is 23.9. The lowest BCUT2D eigenvalue weighted by Gasteiger charge is -2.35. The van der Waals surface area contributed by atoms with Crippen molar-refractivity contribution in [1.82, 2.24) is 9.80 Å². The lowest BCUT2D eigenvalue weighted by molar-refractivity contribution is -0.178. The highest BCUT2D eigenvalue weighted by atomic mass is 16.7. The van der Waals surface area contributed by atoms with E-state index in [0.717, 1.165) is 64.0 Å². The zero-order valence-corrected chi connectivity index (χ0v) is 23.9. The van der Waals surface area contributed by atoms with Gasteiger partial charge in [0.05, 0.1) is 19.8 Å². The molecule has 1 N–H and O–H groups in total. The van der Waals surface area contributed by atoms with Crippen molar-refractivity contribution >= 4 is 5.91 Å². The fourth-order valence-electron chi connectivity index (χ4n) is 6.37. The second kappa shape index (κ2) is 12.3. The van der Waals surface area contributed by atoms with Crippen LogP contribution in [0.25, 0.3) is 0 Å². The van der Waals surface area contributed by atoms with Crippen molar-refractivity contribution < 1.29 is 24.1 Å². The molecule has 7 heteroatoms. The van der Waals surface area contributed by atoms with Crippen LogP contribution in [0.15, 0.2) is 66.7 Å². The van der Waals surface area contributed by atoms with Gasteiger partial charge < -0.3 is 24.2 Å². The molecule has 2 heterocycles. The second-order valence-corrected chi connectivity index (χ2v) is 11.5. The van der Waals surface area contributed by atoms with Gasteiger partial charge in [-0.05, 0) is 78.8 Å². The Bertz CT molecular complexity index is 1330. The average molecular weight is 557 g/mol. The van der Waals surface area contributed by atoms with Gasteiger partial charge in [0.1, 0.15) is 11.5 Å². The van der Waals surface area contributed by atoms with Gasteiger partial charge in [0.15, 0.2) is 5.79 Å². The minimum absolute atomic E-state index is 0.0511. The highest BCUT2D eigenvalue weighted by molar-refractivity contribution is 5.94. The minimum atomic E-state index is -0.372. The minimum Gasteiger partial charge on any atom is -0.457 e. The Morgan fingerprint density at radius 1 is 0.927 bits per heavy atom. The lowest BCUT2D eigenvalue weighted by Crippen LogP contribution is -2.48. The average Bonchev–Trinajstić information content (AvgIpc) is 3.47. The summed E-state index contributed by atoms with van der Waals surface area (Å²) >= 11 is 0. The van der Waals surface area contributed by atoms with Crippen LogP contribution in [0, 0.1) is 6.92 Å². The molecular weight excluding hydrogens is 516 g/mol. The monoisotopic (exact) mass is 556 g/mol. The Hall–Kier alpha value is -3.23. The highest BCUT2D eigenvalue weighted by Gasteiger charge is 2.40. The van der Waals surface area contributed by atoms with E-state index in [9.17, 15) is 9.90 Å². The smallest absolute Gasteiger partial charge is 0.253 e. The molecule has 0 radical (unpaired) electrons. The van der Waals surface area contributed by atoms with Gasteiger partial charge in [-0.15, -0.1) is 0 Å². The zero-order chi connectivity index (χ0) is 28.2. The molecule has 2 aliphatic heterocycles. The predicted molar refractivity (Wildman–Crippen MR) is 157 cm³/mol. The van der Waals surface area contributed by atoms with Crippen molar-refractivity contribution in [2.24, 2.45) is 0 Å². The summed E-state index contributed by atoms with van der Waals surface area (Å²) in [6.45, 7) is 7.51. The van der Waals surface area contributed by atoms with E-state index in [-0.39, 0.29) is 18.3 Å². The summed E-state index contributed by atoms with van der Waals surface area (Å²) in [5, 5.41) is 10.1. The van der Waals surface area contributed by atoms with Gasteiger partial charge in [0, 0.05) is 56.7 Å². The SMILES string of the molecule is Cc1ccccc1CN1CCN(C(=O)c2ccc(Oc3ccc(C4CCC5(CC4)OCCO5)cc3CO)cc2)CC1. The molecule has 7 nitrogen and oxygen atoms in total. The molecule has 1 spiro atoms. The maximum atomic E-state index is 13.2. The van der Waals surface area contributed by atoms with E-state index in [1.54, 1.807) is 0 Å². The molecule has 1 amide bonds. The van der Waals surface area contributed by atoms with Crippen LogP contribution >= 0.6 is 0 Å². The molecule has 3 aromatic rings. The summed E-state index contributed by atoms with van der Waals surface area (Å²) in [5.41, 5.74) is 5.29. The van der Waals surface area contributed by atoms with Crippen LogP contribution in [-0.4, -0.2) is 66.0 Å². The first kappa shape index (κ1) is 27.9. The number of aliphatic hydroxyl groups is 1. The highest BCUT2D eigenvalue weighted by Crippen LogP contribution is 2.43. The number of hydrogen-bond donors (Lipinski definition) is 1. The summed E-state index contributed by atoms with van der Waals surface area (Å²) in [6, 6.07) is 21.9. The summed E-state index contributed by atoms with van der Waals surface area (Å²) in [4.78, 5) is 17.5. The fourth-order valence-corrected chi connectivity index (χ4v) is 6.37. The number of carbonyl (C=O) groups excluding carboxylic acids is 1. The molecule has 3 fully saturated rings. The molecule has 1 saturated carbocycles. The number of nitrogens with zero attached hydrogens (tertiary/aromatic N) is 2. The molecule has 0 unspecified atom stereocenters. The predicted octanol–water partition coefficient (Wildman–Crippen LogP) is 5.64. The number of benzene rings is 3. The summed E-state index contributed by atoms with van der Waals surface area (Å²) in [6.07, 6.45) is 3.81. The Kier molecular flexibility index (Phi) is 8.40. The Labute approximate surface area is 242 Å². The summed E-state index contributed by atoms with van der Waals surface area (Å²) in [7, 11) is 0. The van der Waals surface area contributed by atoms with Crippen molar-refractivity contribution in [1.29, 1.82) is 0 Å². The normalized spacial score (nSPS) is 19.5. The summed E-state index contributed by atoms with van der Waals surface area (Å²) < 4.78 is 17.9. The van der Waals surface area contributed by atoms with Crippen LogP contribution in [0.3, 0.4) is 0 Å². The van der Waals surface area contributed by atoms with Gasteiger partial charge in [-0.2, -0.15) is 0 Å². The fraction of sp³-hybridized carbons (Fsp3) is 0.441. The van der Waals surface area contributed by atoms with Gasteiger partial charge in [0.2, 0.25) is 0 Å². The third-order valence-corrected chi connectivity index (χ3v) is 8.93. The van der Waals surface area contributed by atoms with Crippen LogP contribution in [-0.2, 0) is 22.6 Å². The van der Waals surface area contributed by atoms with E-state index in [1.165, 1.54) is 16.7 Å². The number of carbonyl (C=O) groups is 1. The third kappa shape index (κ3) is 6.33. The van der Waals surface area contributed by atoms with Crippen LogP contribution in [0.1, 0.15) is 64.2 Å². The lowest BCUT2D eigenvalue weighted by atomic mass is 9.80. The summed E-state index contributed by atoms with van der Waals surface area (Å²) in [5.74, 6) is 1.37. The number of aryl methyl sites for hydroxylation is 1. The molecule has 3 aromatic carbocycles. The first-order valence-corrected chi connectivity index (χ1v) is 14.9. The van der Waals surface area contributed by atoms with E-state index in [2.05, 4.69) is 48.2 Å². The van der Waals surface area contributed by atoms with E-state index >= 15 is 0 Å². The van der Waals surface area contributed by atoms with E-state index < -0.39 is 0 Å².